The van der Waals surface area contributed by atoms with Crippen LogP contribution in [0.25, 0.3) is 0 Å². The minimum absolute atomic E-state index is 0.0830. The predicted octanol–water partition coefficient (Wildman–Crippen LogP) is 0.654. The van der Waals surface area contributed by atoms with Crippen molar-refractivity contribution in [2.24, 2.45) is 0 Å². The second-order valence-corrected chi connectivity index (χ2v) is 4.78. The number of hydrogen-bond acceptors (Lipinski definition) is 3. The van der Waals surface area contributed by atoms with Gasteiger partial charge in [-0.3, -0.25) is 0 Å². The van der Waals surface area contributed by atoms with E-state index in [0.29, 0.717) is 6.54 Å². The lowest BCUT2D eigenvalue weighted by atomic mass is 10.3. The summed E-state index contributed by atoms with van der Waals surface area (Å²) in [6.07, 6.45) is 4.40. The first kappa shape index (κ1) is 10.9. The third kappa shape index (κ3) is 2.97. The van der Waals surface area contributed by atoms with Crippen molar-refractivity contribution in [2.45, 2.75) is 18.9 Å². The van der Waals surface area contributed by atoms with E-state index >= 15 is 0 Å². The van der Waals surface area contributed by atoms with Gasteiger partial charge < -0.3 is 4.98 Å². The van der Waals surface area contributed by atoms with Crippen molar-refractivity contribution in [1.29, 1.82) is 0 Å². The van der Waals surface area contributed by atoms with Crippen molar-refractivity contribution in [1.82, 2.24) is 14.7 Å². The summed E-state index contributed by atoms with van der Waals surface area (Å²) < 4.78 is 25.3. The van der Waals surface area contributed by atoms with E-state index < -0.39 is 10.0 Å². The van der Waals surface area contributed by atoms with E-state index in [1.807, 2.05) is 13.8 Å². The molecule has 78 valence electrons. The van der Waals surface area contributed by atoms with E-state index in [9.17, 15) is 8.42 Å². The van der Waals surface area contributed by atoms with Crippen LogP contribution < -0.4 is 4.72 Å². The molecule has 0 unspecified atom stereocenters. The zero-order valence-corrected chi connectivity index (χ0v) is 8.93. The number of imidazole rings is 1. The van der Waals surface area contributed by atoms with E-state index in [-0.39, 0.29) is 5.03 Å². The Bertz CT molecular complexity index is 402. The number of aromatic amines is 1. The van der Waals surface area contributed by atoms with Crippen LogP contribution in [0.2, 0.25) is 0 Å². The van der Waals surface area contributed by atoms with Crippen molar-refractivity contribution in [3.05, 3.63) is 24.2 Å². The van der Waals surface area contributed by atoms with Gasteiger partial charge >= 0.3 is 0 Å². The molecule has 0 atom stereocenters. The number of rotatable bonds is 4. The van der Waals surface area contributed by atoms with E-state index in [1.54, 1.807) is 6.08 Å². The monoisotopic (exact) mass is 215 g/mol. The maximum absolute atomic E-state index is 11.5. The van der Waals surface area contributed by atoms with E-state index in [0.717, 1.165) is 5.57 Å². The van der Waals surface area contributed by atoms with Crippen LogP contribution in [0.3, 0.4) is 0 Å². The molecule has 2 N–H and O–H groups in total. The first-order valence-electron chi connectivity index (χ1n) is 4.14. The van der Waals surface area contributed by atoms with Crippen molar-refractivity contribution in [2.75, 3.05) is 6.54 Å². The molecular formula is C8H13N3O2S. The maximum atomic E-state index is 11.5. The Hall–Kier alpha value is -1.14. The Labute approximate surface area is 83.3 Å². The zero-order chi connectivity index (χ0) is 10.6. The first-order valence-corrected chi connectivity index (χ1v) is 5.62. The topological polar surface area (TPSA) is 74.8 Å². The summed E-state index contributed by atoms with van der Waals surface area (Å²) in [4.78, 5) is 6.17. The highest BCUT2D eigenvalue weighted by Gasteiger charge is 2.13. The fourth-order valence-electron chi connectivity index (χ4n) is 0.823. The second-order valence-electron chi connectivity index (χ2n) is 3.05. The summed E-state index contributed by atoms with van der Waals surface area (Å²) in [7, 11) is -3.43. The van der Waals surface area contributed by atoms with Gasteiger partial charge in [-0.1, -0.05) is 11.6 Å². The molecule has 0 spiro atoms. The smallest absolute Gasteiger partial charge is 0.257 e. The van der Waals surface area contributed by atoms with Crippen LogP contribution in [-0.2, 0) is 10.0 Å². The van der Waals surface area contributed by atoms with E-state index in [1.165, 1.54) is 12.5 Å². The average molecular weight is 215 g/mol. The molecular weight excluding hydrogens is 202 g/mol. The lowest BCUT2D eigenvalue weighted by molar-refractivity contribution is 0.582. The molecule has 0 fully saturated rings. The largest absolute Gasteiger partial charge is 0.335 e. The standard InChI is InChI=1S/C8H13N3O2S/c1-7(2)3-4-11-14(12,13)8-5-9-6-10-8/h3,5-6,11H,4H2,1-2H3,(H,9,10). The Morgan fingerprint density at radius 3 is 2.86 bits per heavy atom. The fraction of sp³-hybridized carbons (Fsp3) is 0.375. The number of allylic oxidation sites excluding steroid dienone is 1. The molecule has 6 heteroatoms. The van der Waals surface area contributed by atoms with Crippen LogP contribution in [0.5, 0.6) is 0 Å². The Balaban J connectivity index is 2.65. The van der Waals surface area contributed by atoms with Crippen LogP contribution in [-0.4, -0.2) is 24.9 Å². The van der Waals surface area contributed by atoms with Crippen LogP contribution in [0.4, 0.5) is 0 Å². The van der Waals surface area contributed by atoms with Crippen molar-refractivity contribution in [3.63, 3.8) is 0 Å². The summed E-state index contributed by atoms with van der Waals surface area (Å²) >= 11 is 0. The van der Waals surface area contributed by atoms with Crippen LogP contribution in [0, 0.1) is 0 Å². The fourth-order valence-corrected chi connectivity index (χ4v) is 1.69. The van der Waals surface area contributed by atoms with Gasteiger partial charge in [-0.15, -0.1) is 0 Å². The average Bonchev–Trinajstić information content (AvgIpc) is 2.54. The quantitative estimate of drug-likeness (QED) is 0.724. The third-order valence-corrected chi connectivity index (χ3v) is 2.90. The molecule has 5 nitrogen and oxygen atoms in total. The summed E-state index contributed by atoms with van der Waals surface area (Å²) in [6.45, 7) is 4.11. The van der Waals surface area contributed by atoms with Gasteiger partial charge in [-0.25, -0.2) is 18.1 Å². The number of nitrogens with zero attached hydrogens (tertiary/aromatic N) is 1. The number of sulfonamides is 1. The third-order valence-electron chi connectivity index (χ3n) is 1.55. The van der Waals surface area contributed by atoms with E-state index in [4.69, 9.17) is 0 Å². The molecule has 1 aromatic rings. The normalized spacial score (nSPS) is 11.3. The van der Waals surface area contributed by atoms with Gasteiger partial charge in [-0.05, 0) is 13.8 Å². The molecule has 0 bridgehead atoms. The zero-order valence-electron chi connectivity index (χ0n) is 8.11. The van der Waals surface area contributed by atoms with Crippen molar-refractivity contribution < 1.29 is 8.42 Å². The van der Waals surface area contributed by atoms with Gasteiger partial charge in [0.15, 0.2) is 5.03 Å². The number of nitrogens with one attached hydrogen (secondary N) is 2. The van der Waals surface area contributed by atoms with Crippen LogP contribution in [0.15, 0.2) is 29.2 Å². The maximum Gasteiger partial charge on any atom is 0.257 e. The Morgan fingerprint density at radius 1 is 1.64 bits per heavy atom. The molecule has 0 amide bonds. The Kier molecular flexibility index (Phi) is 3.43. The molecule has 0 saturated heterocycles. The minimum Gasteiger partial charge on any atom is -0.335 e. The van der Waals surface area contributed by atoms with Gasteiger partial charge in [0.05, 0.1) is 12.5 Å². The van der Waals surface area contributed by atoms with Gasteiger partial charge in [0, 0.05) is 6.54 Å². The molecule has 0 saturated carbocycles. The number of aromatic nitrogens is 2. The number of H-pyrrole nitrogens is 1. The lowest BCUT2D eigenvalue weighted by Gasteiger charge is -2.00. The summed E-state index contributed by atoms with van der Waals surface area (Å²) in [6, 6.07) is 0. The van der Waals surface area contributed by atoms with Gasteiger partial charge in [0.25, 0.3) is 10.0 Å². The minimum atomic E-state index is -3.43. The Morgan fingerprint density at radius 2 is 2.36 bits per heavy atom. The van der Waals surface area contributed by atoms with Gasteiger partial charge in [-0.2, -0.15) is 0 Å². The van der Waals surface area contributed by atoms with Crippen LogP contribution in [0.1, 0.15) is 13.8 Å². The lowest BCUT2D eigenvalue weighted by Crippen LogP contribution is -2.24. The summed E-state index contributed by atoms with van der Waals surface area (Å²) in [5, 5.41) is 0.0830. The second kappa shape index (κ2) is 4.39. The molecule has 1 rings (SSSR count). The molecule has 1 heterocycles. The molecule has 0 radical (unpaired) electrons. The molecule has 14 heavy (non-hydrogen) atoms. The molecule has 0 aliphatic carbocycles. The van der Waals surface area contributed by atoms with Crippen LogP contribution >= 0.6 is 0 Å². The molecule has 0 aliphatic heterocycles. The molecule has 0 aliphatic rings. The number of hydrogen-bond donors (Lipinski definition) is 2. The molecule has 1 aromatic heterocycles. The molecule has 0 aromatic carbocycles. The summed E-state index contributed by atoms with van der Waals surface area (Å²) in [5.41, 5.74) is 1.07. The van der Waals surface area contributed by atoms with E-state index in [2.05, 4.69) is 14.7 Å². The highest BCUT2D eigenvalue weighted by molar-refractivity contribution is 7.89. The SMILES string of the molecule is CC(C)=CCNS(=O)(=O)c1cnc[nH]1. The highest BCUT2D eigenvalue weighted by Crippen LogP contribution is 2.01. The van der Waals surface area contributed by atoms with Gasteiger partial charge in [0.2, 0.25) is 0 Å². The van der Waals surface area contributed by atoms with Crippen molar-refractivity contribution >= 4 is 10.0 Å². The highest BCUT2D eigenvalue weighted by atomic mass is 32.2. The first-order chi connectivity index (χ1) is 6.52. The van der Waals surface area contributed by atoms with Crippen molar-refractivity contribution in [3.8, 4) is 0 Å². The van der Waals surface area contributed by atoms with Gasteiger partial charge in [0.1, 0.15) is 0 Å². The predicted molar refractivity (Wildman–Crippen MR) is 53.2 cm³/mol. The summed E-state index contributed by atoms with van der Waals surface area (Å²) in [5.74, 6) is 0.